The van der Waals surface area contributed by atoms with Crippen molar-refractivity contribution >= 4 is 27.6 Å². The fraction of sp³-hybridized carbons (Fsp3) is 0.500. The maximum Gasteiger partial charge on any atom is 0.319 e. The van der Waals surface area contributed by atoms with Crippen molar-refractivity contribution in [3.8, 4) is 0 Å². The number of nitrogens with one attached hydrogen (secondary N) is 2. The van der Waals surface area contributed by atoms with Crippen LogP contribution in [-0.4, -0.2) is 24.3 Å². The standard InChI is InChI=1S/C14H21BrN2O2/c1-9(2)12-6-11(15)4-5-13(12)17-14(19)16-7-10(3)8-18/h4-6,9-10,18H,7-8H2,1-3H3,(H2,16,17,19)/t10-/m1/s1. The molecule has 0 spiro atoms. The molecule has 0 bridgehead atoms. The van der Waals surface area contributed by atoms with Crippen LogP contribution in [0.5, 0.6) is 0 Å². The summed E-state index contributed by atoms with van der Waals surface area (Å²) >= 11 is 3.43. The summed E-state index contributed by atoms with van der Waals surface area (Å²) in [6, 6.07) is 5.55. The smallest absolute Gasteiger partial charge is 0.319 e. The number of carbonyl (C=O) groups excluding carboxylic acids is 1. The number of carbonyl (C=O) groups is 1. The van der Waals surface area contributed by atoms with Gasteiger partial charge in [0.05, 0.1) is 0 Å². The van der Waals surface area contributed by atoms with E-state index in [2.05, 4.69) is 40.4 Å². The molecule has 0 radical (unpaired) electrons. The Balaban J connectivity index is 2.68. The Kier molecular flexibility index (Phi) is 6.31. The molecule has 5 heteroatoms. The number of aliphatic hydroxyl groups is 1. The number of hydrogen-bond donors (Lipinski definition) is 3. The summed E-state index contributed by atoms with van der Waals surface area (Å²) in [6.45, 7) is 6.56. The van der Waals surface area contributed by atoms with Gasteiger partial charge in [-0.25, -0.2) is 4.79 Å². The lowest BCUT2D eigenvalue weighted by atomic mass is 10.0. The van der Waals surface area contributed by atoms with Gasteiger partial charge in [0.15, 0.2) is 0 Å². The molecule has 4 nitrogen and oxygen atoms in total. The molecule has 0 aliphatic heterocycles. The van der Waals surface area contributed by atoms with Gasteiger partial charge in [-0.3, -0.25) is 0 Å². The predicted molar refractivity (Wildman–Crippen MR) is 81.5 cm³/mol. The molecule has 2 amide bonds. The second-order valence-corrected chi connectivity index (χ2v) is 5.92. The molecule has 0 aliphatic rings. The van der Waals surface area contributed by atoms with Crippen molar-refractivity contribution in [2.45, 2.75) is 26.7 Å². The van der Waals surface area contributed by atoms with Crippen LogP contribution in [0.2, 0.25) is 0 Å². The van der Waals surface area contributed by atoms with Gasteiger partial charge in [0.2, 0.25) is 0 Å². The number of amides is 2. The SMILES string of the molecule is CC(C)c1cc(Br)ccc1NC(=O)NC[C@@H](C)CO. The van der Waals surface area contributed by atoms with E-state index in [1.807, 2.05) is 25.1 Å². The third-order valence-electron chi connectivity index (χ3n) is 2.81. The van der Waals surface area contributed by atoms with Crippen LogP contribution in [0.25, 0.3) is 0 Å². The lowest BCUT2D eigenvalue weighted by molar-refractivity contribution is 0.227. The van der Waals surface area contributed by atoms with Crippen LogP contribution in [0.1, 0.15) is 32.3 Å². The van der Waals surface area contributed by atoms with Crippen LogP contribution in [0.4, 0.5) is 10.5 Å². The molecule has 0 heterocycles. The van der Waals surface area contributed by atoms with E-state index < -0.39 is 0 Å². The summed E-state index contributed by atoms with van der Waals surface area (Å²) in [7, 11) is 0. The van der Waals surface area contributed by atoms with E-state index in [1.54, 1.807) is 0 Å². The first-order valence-electron chi connectivity index (χ1n) is 6.39. The Labute approximate surface area is 122 Å². The highest BCUT2D eigenvalue weighted by Crippen LogP contribution is 2.27. The molecule has 1 aromatic rings. The summed E-state index contributed by atoms with van der Waals surface area (Å²) < 4.78 is 0.996. The number of urea groups is 1. The molecule has 0 aromatic heterocycles. The van der Waals surface area contributed by atoms with Crippen molar-refractivity contribution < 1.29 is 9.90 Å². The number of aliphatic hydroxyl groups excluding tert-OH is 1. The van der Waals surface area contributed by atoms with Gasteiger partial charge in [0.25, 0.3) is 0 Å². The highest BCUT2D eigenvalue weighted by molar-refractivity contribution is 9.10. The van der Waals surface area contributed by atoms with Gasteiger partial charge in [-0.15, -0.1) is 0 Å². The van der Waals surface area contributed by atoms with Gasteiger partial charge in [-0.05, 0) is 35.6 Å². The maximum atomic E-state index is 11.8. The van der Waals surface area contributed by atoms with Crippen molar-refractivity contribution in [2.75, 3.05) is 18.5 Å². The Bertz CT molecular complexity index is 435. The van der Waals surface area contributed by atoms with Crippen LogP contribution in [0.15, 0.2) is 22.7 Å². The first kappa shape index (κ1) is 16.0. The normalized spacial score (nSPS) is 12.3. The molecule has 1 aromatic carbocycles. The molecule has 0 saturated heterocycles. The quantitative estimate of drug-likeness (QED) is 0.776. The fourth-order valence-electron chi connectivity index (χ4n) is 1.62. The van der Waals surface area contributed by atoms with Crippen LogP contribution in [0.3, 0.4) is 0 Å². The van der Waals surface area contributed by atoms with Gasteiger partial charge in [0.1, 0.15) is 0 Å². The topological polar surface area (TPSA) is 61.4 Å². The molecule has 0 unspecified atom stereocenters. The minimum Gasteiger partial charge on any atom is -0.396 e. The highest BCUT2D eigenvalue weighted by atomic mass is 79.9. The number of anilines is 1. The van der Waals surface area contributed by atoms with E-state index in [-0.39, 0.29) is 18.6 Å². The van der Waals surface area contributed by atoms with Gasteiger partial charge >= 0.3 is 6.03 Å². The monoisotopic (exact) mass is 328 g/mol. The molecule has 1 rings (SSSR count). The average molecular weight is 329 g/mol. The fourth-order valence-corrected chi connectivity index (χ4v) is 2.00. The second kappa shape index (κ2) is 7.50. The summed E-state index contributed by atoms with van der Waals surface area (Å²) in [5, 5.41) is 14.5. The summed E-state index contributed by atoms with van der Waals surface area (Å²) in [4.78, 5) is 11.8. The molecular weight excluding hydrogens is 308 g/mol. The van der Waals surface area contributed by atoms with E-state index in [0.717, 1.165) is 15.7 Å². The minimum absolute atomic E-state index is 0.0558. The van der Waals surface area contributed by atoms with Crippen LogP contribution >= 0.6 is 15.9 Å². The molecule has 0 aliphatic carbocycles. The van der Waals surface area contributed by atoms with Crippen LogP contribution in [0, 0.1) is 5.92 Å². The number of benzene rings is 1. The van der Waals surface area contributed by atoms with E-state index in [1.165, 1.54) is 0 Å². The molecule has 1 atom stereocenters. The lowest BCUT2D eigenvalue weighted by Gasteiger charge is -2.16. The first-order chi connectivity index (χ1) is 8.93. The molecule has 0 fully saturated rings. The van der Waals surface area contributed by atoms with Crippen molar-refractivity contribution in [3.05, 3.63) is 28.2 Å². The Hall–Kier alpha value is -1.07. The second-order valence-electron chi connectivity index (χ2n) is 5.01. The Morgan fingerprint density at radius 1 is 1.37 bits per heavy atom. The van der Waals surface area contributed by atoms with E-state index in [9.17, 15) is 4.79 Å². The summed E-state index contributed by atoms with van der Waals surface area (Å²) in [5.74, 6) is 0.379. The lowest BCUT2D eigenvalue weighted by Crippen LogP contribution is -2.33. The van der Waals surface area contributed by atoms with Gasteiger partial charge < -0.3 is 15.7 Å². The van der Waals surface area contributed by atoms with Crippen molar-refractivity contribution in [1.82, 2.24) is 5.32 Å². The molecule has 106 valence electrons. The van der Waals surface area contributed by atoms with Gasteiger partial charge in [-0.2, -0.15) is 0 Å². The zero-order valence-corrected chi connectivity index (χ0v) is 13.1. The molecule has 19 heavy (non-hydrogen) atoms. The van der Waals surface area contributed by atoms with Gasteiger partial charge in [0, 0.05) is 23.3 Å². The third kappa shape index (κ3) is 5.20. The molecular formula is C14H21BrN2O2. The Morgan fingerprint density at radius 3 is 2.63 bits per heavy atom. The maximum absolute atomic E-state index is 11.8. The third-order valence-corrected chi connectivity index (χ3v) is 3.30. The zero-order valence-electron chi connectivity index (χ0n) is 11.5. The largest absolute Gasteiger partial charge is 0.396 e. The van der Waals surface area contributed by atoms with Gasteiger partial charge in [-0.1, -0.05) is 36.7 Å². The van der Waals surface area contributed by atoms with E-state index in [0.29, 0.717) is 12.5 Å². The molecule has 3 N–H and O–H groups in total. The highest BCUT2D eigenvalue weighted by Gasteiger charge is 2.10. The van der Waals surface area contributed by atoms with Crippen LogP contribution < -0.4 is 10.6 Å². The average Bonchev–Trinajstić information content (AvgIpc) is 2.37. The summed E-state index contributed by atoms with van der Waals surface area (Å²) in [6.07, 6.45) is 0. The van der Waals surface area contributed by atoms with Crippen molar-refractivity contribution in [3.63, 3.8) is 0 Å². The minimum atomic E-state index is -0.246. The first-order valence-corrected chi connectivity index (χ1v) is 7.18. The number of hydrogen-bond acceptors (Lipinski definition) is 2. The molecule has 0 saturated carbocycles. The summed E-state index contributed by atoms with van der Waals surface area (Å²) in [5.41, 5.74) is 1.90. The van der Waals surface area contributed by atoms with Crippen LogP contribution in [-0.2, 0) is 0 Å². The predicted octanol–water partition coefficient (Wildman–Crippen LogP) is 3.32. The zero-order chi connectivity index (χ0) is 14.4. The van der Waals surface area contributed by atoms with Crippen molar-refractivity contribution in [2.24, 2.45) is 5.92 Å². The Morgan fingerprint density at radius 2 is 2.05 bits per heavy atom. The number of rotatable bonds is 5. The van der Waals surface area contributed by atoms with E-state index in [4.69, 9.17) is 5.11 Å². The van der Waals surface area contributed by atoms with E-state index >= 15 is 0 Å². The van der Waals surface area contributed by atoms with Crippen molar-refractivity contribution in [1.29, 1.82) is 0 Å². The number of halogens is 1.